The summed E-state index contributed by atoms with van der Waals surface area (Å²) < 4.78 is 12.9. The van der Waals surface area contributed by atoms with Crippen LogP contribution in [0.5, 0.6) is 0 Å². The molecule has 5 bridgehead atoms. The molecule has 4 aliphatic rings. The van der Waals surface area contributed by atoms with Gasteiger partial charge in [0.05, 0.1) is 12.5 Å². The minimum absolute atomic E-state index is 0.0296. The fourth-order valence-corrected chi connectivity index (χ4v) is 7.99. The maximum atomic E-state index is 14.9. The van der Waals surface area contributed by atoms with Crippen molar-refractivity contribution in [2.75, 3.05) is 26.2 Å². The molecule has 42 heavy (non-hydrogen) atoms. The van der Waals surface area contributed by atoms with Gasteiger partial charge in [-0.15, -0.1) is 0 Å². The SMILES string of the molecule is C[C@H]1CNC(=O)CC/C=C\CN(C(C)(C)CC(C)(C)C)C(=O)[C@H]2N(CCCCO)C(=O)[C@@H]3[C@@H](C(=O)O1)[C@@H]1O[C@@]32C=C1Br. The van der Waals surface area contributed by atoms with Gasteiger partial charge in [-0.05, 0) is 57.9 Å². The van der Waals surface area contributed by atoms with Crippen LogP contribution >= 0.6 is 15.9 Å². The van der Waals surface area contributed by atoms with Crippen LogP contribution in [0.1, 0.15) is 73.6 Å². The maximum absolute atomic E-state index is 14.9. The van der Waals surface area contributed by atoms with E-state index in [0.717, 1.165) is 0 Å². The molecule has 2 saturated heterocycles. The standard InChI is InChI=1S/C31H46BrN3O7/c1-19-17-33-21(37)12-8-7-9-14-35(30(5,6)18-29(2,3)4)27(39)25-31-16-20(32)24(42-31)22(28(40)41-19)23(31)26(38)34(25)13-10-11-15-36/h7,9,16,19,22-25,36H,8,10-15,17-18H2,1-6H3,(H,33,37)/b9-7-/t19-,22+,23-,24+,25+,31-/m0/s1. The summed E-state index contributed by atoms with van der Waals surface area (Å²) >= 11 is 3.57. The molecule has 0 aliphatic carbocycles. The monoisotopic (exact) mass is 651 g/mol. The molecule has 0 radical (unpaired) electrons. The van der Waals surface area contributed by atoms with Gasteiger partial charge in [-0.2, -0.15) is 0 Å². The summed E-state index contributed by atoms with van der Waals surface area (Å²) in [7, 11) is 0. The van der Waals surface area contributed by atoms with Crippen molar-refractivity contribution in [1.29, 1.82) is 0 Å². The molecule has 0 aromatic heterocycles. The number of esters is 1. The highest BCUT2D eigenvalue weighted by Gasteiger charge is 2.75. The summed E-state index contributed by atoms with van der Waals surface area (Å²) in [4.78, 5) is 58.5. The van der Waals surface area contributed by atoms with E-state index in [2.05, 4.69) is 42.0 Å². The number of likely N-dealkylation sites (tertiary alicyclic amines) is 1. The predicted octanol–water partition coefficient (Wildman–Crippen LogP) is 3.07. The van der Waals surface area contributed by atoms with Crippen LogP contribution in [0.25, 0.3) is 0 Å². The Morgan fingerprint density at radius 2 is 1.81 bits per heavy atom. The molecule has 4 heterocycles. The van der Waals surface area contributed by atoms with Crippen molar-refractivity contribution in [3.05, 3.63) is 22.7 Å². The highest BCUT2D eigenvalue weighted by atomic mass is 79.9. The summed E-state index contributed by atoms with van der Waals surface area (Å²) in [6, 6.07) is -0.993. The number of rotatable bonds is 6. The van der Waals surface area contributed by atoms with Crippen molar-refractivity contribution < 1.29 is 33.8 Å². The van der Waals surface area contributed by atoms with E-state index in [1.807, 2.05) is 30.9 Å². The van der Waals surface area contributed by atoms with E-state index in [0.29, 0.717) is 30.2 Å². The molecule has 6 atom stereocenters. The summed E-state index contributed by atoms with van der Waals surface area (Å²) in [5, 5.41) is 12.3. The lowest BCUT2D eigenvalue weighted by atomic mass is 9.74. The molecule has 10 nitrogen and oxygen atoms in total. The zero-order valence-corrected chi connectivity index (χ0v) is 27.2. The predicted molar refractivity (Wildman–Crippen MR) is 160 cm³/mol. The lowest BCUT2D eigenvalue weighted by molar-refractivity contribution is -0.159. The van der Waals surface area contributed by atoms with E-state index in [1.165, 1.54) is 0 Å². The molecule has 3 amide bonds. The first kappa shape index (κ1) is 32.7. The van der Waals surface area contributed by atoms with Crippen LogP contribution in [0.3, 0.4) is 0 Å². The molecular weight excluding hydrogens is 606 g/mol. The molecule has 2 N–H and O–H groups in total. The number of halogens is 1. The number of carbonyl (C=O) groups is 4. The molecule has 4 rings (SSSR count). The van der Waals surface area contributed by atoms with Crippen LogP contribution in [-0.4, -0.2) is 94.2 Å². The van der Waals surface area contributed by atoms with Crippen molar-refractivity contribution in [3.63, 3.8) is 0 Å². The number of ether oxygens (including phenoxy) is 2. The van der Waals surface area contributed by atoms with Gasteiger partial charge < -0.3 is 29.7 Å². The number of cyclic esters (lactones) is 1. The fraction of sp³-hybridized carbons (Fsp3) is 0.742. The van der Waals surface area contributed by atoms with Gasteiger partial charge in [-0.25, -0.2) is 0 Å². The first-order valence-electron chi connectivity index (χ1n) is 15.0. The van der Waals surface area contributed by atoms with Crippen molar-refractivity contribution in [3.8, 4) is 0 Å². The zero-order valence-electron chi connectivity index (χ0n) is 25.7. The summed E-state index contributed by atoms with van der Waals surface area (Å²) in [6.45, 7) is 12.8. The van der Waals surface area contributed by atoms with Gasteiger partial charge in [-0.1, -0.05) is 48.9 Å². The number of nitrogens with one attached hydrogen (secondary N) is 1. The van der Waals surface area contributed by atoms with Gasteiger partial charge in [0.2, 0.25) is 17.7 Å². The third-order valence-corrected chi connectivity index (χ3v) is 9.28. The number of aliphatic hydroxyl groups is 1. The lowest BCUT2D eigenvalue weighted by Crippen LogP contribution is -2.60. The van der Waals surface area contributed by atoms with E-state index in [-0.39, 0.29) is 55.8 Å². The number of carbonyl (C=O) groups excluding carboxylic acids is 4. The Balaban J connectivity index is 1.83. The Labute approximate surface area is 257 Å². The smallest absolute Gasteiger partial charge is 0.313 e. The van der Waals surface area contributed by atoms with Crippen LogP contribution in [0.2, 0.25) is 0 Å². The number of nitrogens with zero attached hydrogens (tertiary/aromatic N) is 2. The molecule has 1 spiro atoms. The van der Waals surface area contributed by atoms with Crippen LogP contribution in [-0.2, 0) is 28.7 Å². The molecule has 234 valence electrons. The Morgan fingerprint density at radius 1 is 1.10 bits per heavy atom. The minimum Gasteiger partial charge on any atom is -0.460 e. The van der Waals surface area contributed by atoms with Crippen molar-refractivity contribution in [2.45, 2.75) is 103 Å². The van der Waals surface area contributed by atoms with E-state index in [9.17, 15) is 24.3 Å². The first-order valence-corrected chi connectivity index (χ1v) is 15.8. The average Bonchev–Trinajstić information content (AvgIpc) is 3.46. The molecule has 4 aliphatic heterocycles. The molecule has 0 aromatic carbocycles. The van der Waals surface area contributed by atoms with E-state index < -0.39 is 47.2 Å². The van der Waals surface area contributed by atoms with Gasteiger partial charge in [0.1, 0.15) is 29.8 Å². The molecule has 11 heteroatoms. The Bertz CT molecular complexity index is 1150. The first-order chi connectivity index (χ1) is 19.6. The third-order valence-electron chi connectivity index (χ3n) is 8.60. The Kier molecular flexibility index (Phi) is 9.65. The number of amides is 3. The van der Waals surface area contributed by atoms with Gasteiger partial charge in [0, 0.05) is 36.1 Å². The number of fused-ring (bicyclic) bond motifs is 2. The molecule has 0 aromatic rings. The number of hydrogen-bond donors (Lipinski definition) is 2. The van der Waals surface area contributed by atoms with Gasteiger partial charge in [0.25, 0.3) is 0 Å². The molecule has 0 saturated carbocycles. The van der Waals surface area contributed by atoms with Gasteiger partial charge in [-0.3, -0.25) is 19.2 Å². The van der Waals surface area contributed by atoms with Crippen molar-refractivity contribution in [1.82, 2.24) is 15.1 Å². The second-order valence-corrected chi connectivity index (χ2v) is 14.8. The van der Waals surface area contributed by atoms with Gasteiger partial charge in [0.15, 0.2) is 0 Å². The second-order valence-electron chi connectivity index (χ2n) is 13.8. The van der Waals surface area contributed by atoms with Crippen LogP contribution in [0, 0.1) is 17.3 Å². The lowest BCUT2D eigenvalue weighted by Gasteiger charge is -2.45. The summed E-state index contributed by atoms with van der Waals surface area (Å²) in [5.41, 5.74) is -2.03. The largest absolute Gasteiger partial charge is 0.460 e. The summed E-state index contributed by atoms with van der Waals surface area (Å²) in [5.74, 6) is -3.20. The van der Waals surface area contributed by atoms with E-state index >= 15 is 0 Å². The number of unbranched alkanes of at least 4 members (excludes halogenated alkanes) is 1. The van der Waals surface area contributed by atoms with Gasteiger partial charge >= 0.3 is 5.97 Å². The van der Waals surface area contributed by atoms with Crippen molar-refractivity contribution in [2.24, 2.45) is 17.3 Å². The summed E-state index contributed by atoms with van der Waals surface area (Å²) in [6.07, 6.45) is 6.68. The van der Waals surface area contributed by atoms with Crippen molar-refractivity contribution >= 4 is 39.6 Å². The third kappa shape index (κ3) is 6.33. The quantitative estimate of drug-likeness (QED) is 0.257. The highest BCUT2D eigenvalue weighted by Crippen LogP contribution is 2.59. The topological polar surface area (TPSA) is 125 Å². The van der Waals surface area contributed by atoms with Crippen LogP contribution in [0.4, 0.5) is 0 Å². The Hall–Kier alpha value is -2.24. The molecule has 0 unspecified atom stereocenters. The number of aliphatic hydroxyl groups excluding tert-OH is 1. The highest BCUT2D eigenvalue weighted by molar-refractivity contribution is 9.11. The fourth-order valence-electron chi connectivity index (χ4n) is 7.25. The number of allylic oxidation sites excluding steroid dienone is 1. The zero-order chi connectivity index (χ0) is 31.0. The Morgan fingerprint density at radius 3 is 2.48 bits per heavy atom. The van der Waals surface area contributed by atoms with Crippen LogP contribution in [0.15, 0.2) is 22.7 Å². The molecular formula is C31H46BrN3O7. The van der Waals surface area contributed by atoms with Crippen LogP contribution < -0.4 is 5.32 Å². The average molecular weight is 653 g/mol. The molecule has 2 fully saturated rings. The normalized spacial score (nSPS) is 33.4. The minimum atomic E-state index is -1.34. The number of hydrogen-bond acceptors (Lipinski definition) is 7. The second kappa shape index (κ2) is 12.4. The van der Waals surface area contributed by atoms with E-state index in [4.69, 9.17) is 9.47 Å². The maximum Gasteiger partial charge on any atom is 0.313 e. The van der Waals surface area contributed by atoms with E-state index in [1.54, 1.807) is 17.9 Å².